The summed E-state index contributed by atoms with van der Waals surface area (Å²) in [4.78, 5) is 0. The maximum absolute atomic E-state index is 2.60. The first-order valence-electron chi connectivity index (χ1n) is 9.20. The van der Waals surface area contributed by atoms with E-state index in [9.17, 15) is 0 Å². The van der Waals surface area contributed by atoms with E-state index in [2.05, 4.69) is 20.8 Å². The fourth-order valence-corrected chi connectivity index (χ4v) is 6.25. The molecular weight excluding hydrogens is 228 g/mol. The Balaban J connectivity index is 1.81. The summed E-state index contributed by atoms with van der Waals surface area (Å²) in [5.41, 5.74) is 0. The molecule has 0 spiro atoms. The molecule has 0 nitrogen and oxygen atoms in total. The summed E-state index contributed by atoms with van der Waals surface area (Å²) in [5.74, 6) is 7.33. The van der Waals surface area contributed by atoms with Crippen molar-refractivity contribution in [2.75, 3.05) is 0 Å². The lowest BCUT2D eigenvalue weighted by atomic mass is 9.66. The molecule has 0 amide bonds. The molecule has 0 aromatic rings. The minimum absolute atomic E-state index is 0.999. The van der Waals surface area contributed by atoms with Gasteiger partial charge in [-0.05, 0) is 60.7 Å². The van der Waals surface area contributed by atoms with E-state index in [1.165, 1.54) is 38.5 Å². The molecule has 0 aromatic heterocycles. The van der Waals surface area contributed by atoms with Crippen molar-refractivity contribution in [3.05, 3.63) is 0 Å². The van der Waals surface area contributed by atoms with Crippen molar-refractivity contribution in [2.45, 2.75) is 78.6 Å². The summed E-state index contributed by atoms with van der Waals surface area (Å²) < 4.78 is 0. The third kappa shape index (κ3) is 2.49. The van der Waals surface area contributed by atoms with Gasteiger partial charge in [0.2, 0.25) is 0 Å². The van der Waals surface area contributed by atoms with Gasteiger partial charge in [-0.1, -0.05) is 59.3 Å². The number of fused-ring (bicyclic) bond motifs is 1. The van der Waals surface area contributed by atoms with Gasteiger partial charge in [0.25, 0.3) is 0 Å². The smallest absolute Gasteiger partial charge is 0.0324 e. The first-order chi connectivity index (χ1) is 9.20. The molecule has 3 saturated carbocycles. The Morgan fingerprint density at radius 1 is 0.526 bits per heavy atom. The van der Waals surface area contributed by atoms with E-state index in [4.69, 9.17) is 0 Å². The molecule has 0 heterocycles. The lowest BCUT2D eigenvalue weighted by molar-refractivity contribution is 0.102. The third-order valence-corrected chi connectivity index (χ3v) is 7.40. The Morgan fingerprint density at radius 3 is 1.84 bits per heavy atom. The molecule has 0 radical (unpaired) electrons. The zero-order chi connectivity index (χ0) is 13.4. The largest absolute Gasteiger partial charge is 0.0622 e. The lowest BCUT2D eigenvalue weighted by Crippen LogP contribution is -2.31. The minimum atomic E-state index is 0.999. The highest BCUT2D eigenvalue weighted by atomic mass is 14.5. The molecule has 0 N–H and O–H groups in total. The van der Waals surface area contributed by atoms with Crippen LogP contribution in [0.25, 0.3) is 0 Å². The van der Waals surface area contributed by atoms with Crippen molar-refractivity contribution in [1.82, 2.24) is 0 Å². The van der Waals surface area contributed by atoms with Gasteiger partial charge in [-0.2, -0.15) is 0 Å². The molecule has 0 heteroatoms. The second-order valence-electron chi connectivity index (χ2n) is 8.19. The molecule has 7 unspecified atom stereocenters. The van der Waals surface area contributed by atoms with Gasteiger partial charge in [-0.25, -0.2) is 0 Å². The van der Waals surface area contributed by atoms with Crippen molar-refractivity contribution in [3.8, 4) is 0 Å². The van der Waals surface area contributed by atoms with Gasteiger partial charge in [0.05, 0.1) is 0 Å². The van der Waals surface area contributed by atoms with E-state index in [-0.39, 0.29) is 0 Å². The van der Waals surface area contributed by atoms with Crippen LogP contribution >= 0.6 is 0 Å². The van der Waals surface area contributed by atoms with Crippen LogP contribution < -0.4 is 0 Å². The zero-order valence-corrected chi connectivity index (χ0v) is 13.4. The van der Waals surface area contributed by atoms with Gasteiger partial charge in [-0.3, -0.25) is 0 Å². The van der Waals surface area contributed by atoms with Gasteiger partial charge in [0.15, 0.2) is 0 Å². The molecule has 0 bridgehead atoms. The predicted molar refractivity (Wildman–Crippen MR) is 83.0 cm³/mol. The van der Waals surface area contributed by atoms with E-state index >= 15 is 0 Å². The van der Waals surface area contributed by atoms with Gasteiger partial charge < -0.3 is 0 Å². The normalized spacial score (nSPS) is 51.6. The van der Waals surface area contributed by atoms with Crippen LogP contribution in [0.15, 0.2) is 0 Å². The Morgan fingerprint density at radius 2 is 1.11 bits per heavy atom. The van der Waals surface area contributed by atoms with Crippen LogP contribution in [0.2, 0.25) is 0 Å². The van der Waals surface area contributed by atoms with Crippen LogP contribution in [0, 0.1) is 41.4 Å². The summed E-state index contributed by atoms with van der Waals surface area (Å²) in [7, 11) is 0. The van der Waals surface area contributed by atoms with E-state index in [1.807, 2.05) is 0 Å². The van der Waals surface area contributed by atoms with Gasteiger partial charge in [0, 0.05) is 0 Å². The van der Waals surface area contributed by atoms with Crippen LogP contribution in [-0.2, 0) is 0 Å². The van der Waals surface area contributed by atoms with Crippen molar-refractivity contribution in [3.63, 3.8) is 0 Å². The van der Waals surface area contributed by atoms with Gasteiger partial charge in [-0.15, -0.1) is 0 Å². The maximum atomic E-state index is 2.60. The zero-order valence-electron chi connectivity index (χ0n) is 13.4. The van der Waals surface area contributed by atoms with Crippen molar-refractivity contribution >= 4 is 0 Å². The van der Waals surface area contributed by atoms with Crippen LogP contribution in [0.5, 0.6) is 0 Å². The summed E-state index contributed by atoms with van der Waals surface area (Å²) in [6.07, 6.45) is 13.8. The summed E-state index contributed by atoms with van der Waals surface area (Å²) in [5, 5.41) is 0. The number of rotatable bonds is 1. The number of hydrogen-bond acceptors (Lipinski definition) is 0. The molecule has 19 heavy (non-hydrogen) atoms. The monoisotopic (exact) mass is 262 g/mol. The predicted octanol–water partition coefficient (Wildman–Crippen LogP) is 5.91. The SMILES string of the molecule is CC1CCCCC1C1C(C)C(C)C2CCCCCC21. The Hall–Kier alpha value is 0. The first-order valence-corrected chi connectivity index (χ1v) is 9.20. The molecule has 7 atom stereocenters. The molecular formula is C19H34. The van der Waals surface area contributed by atoms with Crippen LogP contribution in [0.4, 0.5) is 0 Å². The minimum Gasteiger partial charge on any atom is -0.0622 e. The fraction of sp³-hybridized carbons (Fsp3) is 1.00. The second kappa shape index (κ2) is 5.78. The van der Waals surface area contributed by atoms with E-state index in [0.717, 1.165) is 41.4 Å². The van der Waals surface area contributed by atoms with Crippen molar-refractivity contribution < 1.29 is 0 Å². The third-order valence-electron chi connectivity index (χ3n) is 7.40. The molecule has 110 valence electrons. The average molecular weight is 262 g/mol. The molecule has 3 aliphatic rings. The molecule has 3 rings (SSSR count). The Bertz CT molecular complexity index is 294. The summed E-state index contributed by atoms with van der Waals surface area (Å²) in [6, 6.07) is 0. The Kier molecular flexibility index (Phi) is 4.25. The molecule has 0 aromatic carbocycles. The summed E-state index contributed by atoms with van der Waals surface area (Å²) in [6.45, 7) is 7.75. The molecule has 3 aliphatic carbocycles. The van der Waals surface area contributed by atoms with Crippen LogP contribution in [0.3, 0.4) is 0 Å². The maximum Gasteiger partial charge on any atom is -0.0324 e. The van der Waals surface area contributed by atoms with E-state index in [0.29, 0.717) is 0 Å². The van der Waals surface area contributed by atoms with Crippen LogP contribution in [-0.4, -0.2) is 0 Å². The average Bonchev–Trinajstić information content (AvgIpc) is 2.61. The highest BCUT2D eigenvalue weighted by Crippen LogP contribution is 2.56. The van der Waals surface area contributed by atoms with Gasteiger partial charge in [0.1, 0.15) is 0 Å². The second-order valence-corrected chi connectivity index (χ2v) is 8.19. The standard InChI is InChI=1S/C19H34/c1-13-9-7-8-10-16(13)19-15(3)14(2)17-11-5-4-6-12-18(17)19/h13-19H,4-12H2,1-3H3. The first kappa shape index (κ1) is 14.0. The highest BCUT2D eigenvalue weighted by molar-refractivity contribution is 4.98. The van der Waals surface area contributed by atoms with E-state index < -0.39 is 0 Å². The van der Waals surface area contributed by atoms with Crippen molar-refractivity contribution in [2.24, 2.45) is 41.4 Å². The molecule has 0 saturated heterocycles. The Labute approximate surface area is 120 Å². The quantitative estimate of drug-likeness (QED) is 0.551. The fourth-order valence-electron chi connectivity index (χ4n) is 6.25. The van der Waals surface area contributed by atoms with E-state index in [1.54, 1.807) is 19.3 Å². The van der Waals surface area contributed by atoms with Crippen molar-refractivity contribution in [1.29, 1.82) is 0 Å². The highest BCUT2D eigenvalue weighted by Gasteiger charge is 2.49. The lowest BCUT2D eigenvalue weighted by Gasteiger charge is -2.39. The van der Waals surface area contributed by atoms with Gasteiger partial charge >= 0.3 is 0 Å². The topological polar surface area (TPSA) is 0 Å². The molecule has 3 fully saturated rings. The number of hydrogen-bond donors (Lipinski definition) is 0. The van der Waals surface area contributed by atoms with Crippen LogP contribution in [0.1, 0.15) is 78.6 Å². The molecule has 0 aliphatic heterocycles. The summed E-state index contributed by atoms with van der Waals surface area (Å²) >= 11 is 0.